The second-order valence-electron chi connectivity index (χ2n) is 17.6. The van der Waals surface area contributed by atoms with Gasteiger partial charge in [-0.25, -0.2) is 9.97 Å². The average molecular weight is 811 g/mol. The topological polar surface area (TPSA) is 101 Å². The van der Waals surface area contributed by atoms with Crippen molar-refractivity contribution in [3.8, 4) is 33.8 Å². The predicted molar refractivity (Wildman–Crippen MR) is 245 cm³/mol. The summed E-state index contributed by atoms with van der Waals surface area (Å²) in [6.45, 7) is 18.8. The molecule has 0 atom stereocenters. The van der Waals surface area contributed by atoms with Crippen LogP contribution < -0.4 is 4.74 Å². The quantitative estimate of drug-likeness (QED) is 0.156. The number of hydrogen-bond acceptors (Lipinski definition) is 6. The van der Waals surface area contributed by atoms with E-state index in [2.05, 4.69) is 146 Å². The van der Waals surface area contributed by atoms with Crippen LogP contribution in [0.4, 0.5) is 0 Å². The van der Waals surface area contributed by atoms with E-state index in [1.165, 1.54) is 11.1 Å². The number of phenols is 1. The summed E-state index contributed by atoms with van der Waals surface area (Å²) >= 11 is 0. The minimum absolute atomic E-state index is 0.0827. The van der Waals surface area contributed by atoms with Gasteiger partial charge in [-0.1, -0.05) is 91.0 Å². The number of aromatic nitrogens is 8. The number of rotatable bonds is 9. The van der Waals surface area contributed by atoms with E-state index in [1.807, 2.05) is 77.3 Å². The lowest BCUT2D eigenvalue weighted by Crippen LogP contribution is -2.21. The van der Waals surface area contributed by atoms with E-state index < -0.39 is 0 Å². The Bertz CT molecular complexity index is 2910. The van der Waals surface area contributed by atoms with Crippen LogP contribution >= 0.6 is 0 Å². The fourth-order valence-electron chi connectivity index (χ4n) is 7.42. The molecular formula is C51H54N8O2. The first-order valence-corrected chi connectivity index (χ1v) is 20.8. The monoisotopic (exact) mass is 810 g/mol. The molecule has 1 N–H and O–H groups in total. The van der Waals surface area contributed by atoms with Gasteiger partial charge in [0, 0.05) is 36.6 Å². The zero-order valence-corrected chi connectivity index (χ0v) is 36.3. The summed E-state index contributed by atoms with van der Waals surface area (Å²) < 4.78 is 14.7. The summed E-state index contributed by atoms with van der Waals surface area (Å²) in [6.07, 6.45) is 7.90. The molecule has 5 aromatic carbocycles. The van der Waals surface area contributed by atoms with Crippen molar-refractivity contribution < 1.29 is 9.84 Å². The van der Waals surface area contributed by atoms with E-state index in [1.54, 1.807) is 6.07 Å². The van der Waals surface area contributed by atoms with Gasteiger partial charge in [0.15, 0.2) is 0 Å². The number of ether oxygens (including phenoxy) is 1. The molecule has 0 radical (unpaired) electrons. The van der Waals surface area contributed by atoms with E-state index in [4.69, 9.17) is 9.72 Å². The molecule has 0 unspecified atom stereocenters. The molecule has 4 heterocycles. The van der Waals surface area contributed by atoms with Crippen molar-refractivity contribution in [1.82, 2.24) is 38.7 Å². The highest BCUT2D eigenvalue weighted by atomic mass is 16.5. The zero-order valence-electron chi connectivity index (χ0n) is 36.3. The summed E-state index contributed by atoms with van der Waals surface area (Å²) in [5.74, 6) is 2.83. The smallest absolute Gasteiger partial charge is 0.148 e. The molecule has 61 heavy (non-hydrogen) atoms. The van der Waals surface area contributed by atoms with Crippen LogP contribution in [0.25, 0.3) is 44.3 Å². The molecule has 0 bridgehead atoms. The second kappa shape index (κ2) is 16.6. The fourth-order valence-corrected chi connectivity index (χ4v) is 7.42. The van der Waals surface area contributed by atoms with E-state index in [9.17, 15) is 5.11 Å². The van der Waals surface area contributed by atoms with Crippen LogP contribution in [0.1, 0.15) is 69.9 Å². The molecule has 0 spiro atoms. The van der Waals surface area contributed by atoms with Crippen LogP contribution in [-0.4, -0.2) is 43.8 Å². The Labute approximate surface area is 357 Å². The van der Waals surface area contributed by atoms with Crippen molar-refractivity contribution in [2.75, 3.05) is 0 Å². The van der Waals surface area contributed by atoms with Crippen LogP contribution in [0.2, 0.25) is 0 Å². The van der Waals surface area contributed by atoms with Gasteiger partial charge in [0.25, 0.3) is 0 Å². The molecule has 10 heteroatoms. The van der Waals surface area contributed by atoms with E-state index in [-0.39, 0.29) is 16.8 Å². The molecule has 0 aliphatic heterocycles. The number of benzene rings is 5. The fraction of sp³-hybridized carbons (Fsp3) is 0.255. The maximum atomic E-state index is 10.6. The van der Waals surface area contributed by atoms with E-state index >= 15 is 0 Å². The maximum Gasteiger partial charge on any atom is 0.148 e. The van der Waals surface area contributed by atoms with Gasteiger partial charge in [0.2, 0.25) is 0 Å². The SMILES string of the molecule is Cc1nc2c(O)cc(-c3cnn(C(C)(C)C)c3)cc2n1Cc1ccccc1.Cc1nc2c(OCc3ccccc3)cc(-c3cnn(C(C)(C)C)c3)cc2n1Cc1ccccc1. The summed E-state index contributed by atoms with van der Waals surface area (Å²) in [6, 6.07) is 39.2. The number of nitrogens with zero attached hydrogens (tertiary/aromatic N) is 8. The van der Waals surface area contributed by atoms with Crippen molar-refractivity contribution in [2.24, 2.45) is 0 Å². The molecule has 0 saturated carbocycles. The molecule has 0 aliphatic carbocycles. The zero-order chi connectivity index (χ0) is 42.9. The number of aromatic hydroxyl groups is 1. The molecular weight excluding hydrogens is 757 g/mol. The van der Waals surface area contributed by atoms with Gasteiger partial charge in [-0.2, -0.15) is 10.2 Å². The number of imidazole rings is 2. The van der Waals surface area contributed by atoms with Gasteiger partial charge in [0.05, 0.1) is 34.5 Å². The minimum Gasteiger partial charge on any atom is -0.506 e. The van der Waals surface area contributed by atoms with Crippen LogP contribution in [0.15, 0.2) is 140 Å². The highest BCUT2D eigenvalue weighted by Gasteiger charge is 2.20. The predicted octanol–water partition coefficient (Wildman–Crippen LogP) is 11.3. The molecule has 0 saturated heterocycles. The standard InChI is InChI=1S/C29H30N4O.C22H24N4O/c1-21-31-28-26(32(21)18-22-11-7-5-8-12-22)15-24(25-17-30-33(19-25)29(2,3)4)16-27(28)34-20-23-13-9-6-10-14-23;1-15-24-21-19(25(15)13-16-8-6-5-7-9-16)10-17(11-20(21)27)18-12-23-26(14-18)22(2,3)4/h5-17,19H,18,20H2,1-4H3;5-12,14,27H,13H2,1-4H3. The molecule has 0 fully saturated rings. The Morgan fingerprint density at radius 2 is 0.951 bits per heavy atom. The van der Waals surface area contributed by atoms with Crippen LogP contribution in [0, 0.1) is 13.8 Å². The molecule has 9 aromatic rings. The normalized spacial score (nSPS) is 11.9. The maximum absolute atomic E-state index is 10.6. The lowest BCUT2D eigenvalue weighted by atomic mass is 10.1. The third-order valence-electron chi connectivity index (χ3n) is 10.8. The Kier molecular flexibility index (Phi) is 11.1. The first-order valence-electron chi connectivity index (χ1n) is 20.8. The highest BCUT2D eigenvalue weighted by molar-refractivity contribution is 5.89. The summed E-state index contributed by atoms with van der Waals surface area (Å²) in [7, 11) is 0. The van der Waals surface area contributed by atoms with Gasteiger partial charge in [-0.3, -0.25) is 9.36 Å². The Morgan fingerprint density at radius 3 is 1.41 bits per heavy atom. The average Bonchev–Trinajstić information content (AvgIpc) is 4.06. The largest absolute Gasteiger partial charge is 0.506 e. The first kappa shape index (κ1) is 40.8. The Hall–Kier alpha value is -6.94. The molecule has 0 aliphatic rings. The number of phenolic OH excluding ortho intramolecular Hbond substituents is 1. The van der Waals surface area contributed by atoms with Gasteiger partial charge >= 0.3 is 0 Å². The molecule has 4 aromatic heterocycles. The first-order chi connectivity index (χ1) is 29.2. The third kappa shape index (κ3) is 8.99. The molecule has 9 rings (SSSR count). The summed E-state index contributed by atoms with van der Waals surface area (Å²) in [5, 5.41) is 19.7. The molecule has 10 nitrogen and oxygen atoms in total. The number of aryl methyl sites for hydroxylation is 2. The van der Waals surface area contributed by atoms with Crippen molar-refractivity contribution in [2.45, 2.75) is 86.2 Å². The van der Waals surface area contributed by atoms with Crippen LogP contribution in [0.5, 0.6) is 11.5 Å². The lowest BCUT2D eigenvalue weighted by molar-refractivity contribution is 0.309. The van der Waals surface area contributed by atoms with E-state index in [0.717, 1.165) is 68.3 Å². The van der Waals surface area contributed by atoms with Crippen molar-refractivity contribution in [1.29, 1.82) is 0 Å². The van der Waals surface area contributed by atoms with Gasteiger partial charge in [-0.15, -0.1) is 0 Å². The Morgan fingerprint density at radius 1 is 0.525 bits per heavy atom. The van der Waals surface area contributed by atoms with Gasteiger partial charge in [-0.05, 0) is 107 Å². The van der Waals surface area contributed by atoms with Crippen LogP contribution in [0.3, 0.4) is 0 Å². The van der Waals surface area contributed by atoms with Gasteiger partial charge < -0.3 is 19.0 Å². The summed E-state index contributed by atoms with van der Waals surface area (Å²) in [5.41, 5.74) is 10.9. The Balaban J connectivity index is 0.000000173. The second-order valence-corrected chi connectivity index (χ2v) is 17.6. The van der Waals surface area contributed by atoms with Gasteiger partial charge in [0.1, 0.15) is 40.8 Å². The lowest BCUT2D eigenvalue weighted by Gasteiger charge is -2.18. The minimum atomic E-state index is -0.0872. The van der Waals surface area contributed by atoms with Crippen molar-refractivity contribution in [3.63, 3.8) is 0 Å². The van der Waals surface area contributed by atoms with Crippen molar-refractivity contribution >= 4 is 22.1 Å². The van der Waals surface area contributed by atoms with Crippen LogP contribution in [-0.2, 0) is 30.8 Å². The molecule has 310 valence electrons. The number of fused-ring (bicyclic) bond motifs is 2. The van der Waals surface area contributed by atoms with E-state index in [0.29, 0.717) is 18.7 Å². The summed E-state index contributed by atoms with van der Waals surface area (Å²) in [4.78, 5) is 9.50. The molecule has 0 amide bonds. The third-order valence-corrected chi connectivity index (χ3v) is 10.8. The number of hydrogen-bond donors (Lipinski definition) is 1. The highest BCUT2D eigenvalue weighted by Crippen LogP contribution is 2.35. The van der Waals surface area contributed by atoms with Crippen molar-refractivity contribution in [3.05, 3.63) is 168 Å².